The summed E-state index contributed by atoms with van der Waals surface area (Å²) in [6.07, 6.45) is 10.3. The summed E-state index contributed by atoms with van der Waals surface area (Å²) in [6, 6.07) is 6.81. The zero-order valence-electron chi connectivity index (χ0n) is 14.0. The fourth-order valence-corrected chi connectivity index (χ4v) is 2.45. The van der Waals surface area contributed by atoms with Crippen LogP contribution in [0.15, 0.2) is 55.1 Å². The number of benzene rings is 1. The smallest absolute Gasteiger partial charge is 0.248 e. The third-order valence-electron chi connectivity index (χ3n) is 3.75. The van der Waals surface area contributed by atoms with E-state index in [1.54, 1.807) is 54.5 Å². The molecular weight excluding hydrogens is 316 g/mol. The van der Waals surface area contributed by atoms with Crippen molar-refractivity contribution in [2.75, 3.05) is 5.32 Å². The number of nitrogens with zero attached hydrogens (tertiary/aromatic N) is 3. The normalized spacial score (nSPS) is 11.0. The molecule has 126 valence electrons. The van der Waals surface area contributed by atoms with Crippen LogP contribution in [0.4, 0.5) is 5.69 Å². The van der Waals surface area contributed by atoms with Crippen LogP contribution in [0.5, 0.6) is 5.75 Å². The van der Waals surface area contributed by atoms with E-state index in [4.69, 9.17) is 0 Å². The predicted octanol–water partition coefficient (Wildman–Crippen LogP) is 3.15. The SMILES string of the molecule is Cc1cc(NC(=O)C=Cc2cnccc2-c2cnn(C)c2)ccc1O. The van der Waals surface area contributed by atoms with Gasteiger partial charge in [-0.25, -0.2) is 0 Å². The van der Waals surface area contributed by atoms with Gasteiger partial charge in [-0.05, 0) is 48.4 Å². The standard InChI is InChI=1S/C19H18N4O2/c1-13-9-16(4-5-18(13)24)22-19(25)6-3-14-10-20-8-7-17(14)15-11-21-23(2)12-15/h3-12,24H,1-2H3,(H,22,25). The van der Waals surface area contributed by atoms with E-state index in [1.807, 2.05) is 19.3 Å². The van der Waals surface area contributed by atoms with Gasteiger partial charge in [0.25, 0.3) is 0 Å². The van der Waals surface area contributed by atoms with Crippen LogP contribution >= 0.6 is 0 Å². The quantitative estimate of drug-likeness (QED) is 0.567. The van der Waals surface area contributed by atoms with Gasteiger partial charge in [0.2, 0.25) is 5.91 Å². The van der Waals surface area contributed by atoms with Crippen LogP contribution in [0.25, 0.3) is 17.2 Å². The Morgan fingerprint density at radius 2 is 2.12 bits per heavy atom. The van der Waals surface area contributed by atoms with Crippen molar-refractivity contribution in [1.82, 2.24) is 14.8 Å². The molecule has 6 nitrogen and oxygen atoms in total. The Kier molecular flexibility index (Phi) is 4.61. The van der Waals surface area contributed by atoms with Gasteiger partial charge in [0.1, 0.15) is 5.75 Å². The van der Waals surface area contributed by atoms with Crippen LogP contribution in [-0.2, 0) is 11.8 Å². The highest BCUT2D eigenvalue weighted by Crippen LogP contribution is 2.23. The Labute approximate surface area is 145 Å². The number of amides is 1. The minimum absolute atomic E-state index is 0.199. The second-order valence-electron chi connectivity index (χ2n) is 5.69. The molecule has 0 atom stereocenters. The molecule has 0 spiro atoms. The minimum Gasteiger partial charge on any atom is -0.508 e. The highest BCUT2D eigenvalue weighted by atomic mass is 16.3. The van der Waals surface area contributed by atoms with Crippen LogP contribution in [0.1, 0.15) is 11.1 Å². The van der Waals surface area contributed by atoms with Crippen molar-refractivity contribution in [3.63, 3.8) is 0 Å². The lowest BCUT2D eigenvalue weighted by Crippen LogP contribution is -2.07. The lowest BCUT2D eigenvalue weighted by Gasteiger charge is -2.05. The van der Waals surface area contributed by atoms with Gasteiger partial charge >= 0.3 is 0 Å². The Balaban J connectivity index is 1.77. The zero-order valence-corrected chi connectivity index (χ0v) is 14.0. The molecule has 0 unspecified atom stereocenters. The number of pyridine rings is 1. The number of carbonyl (C=O) groups is 1. The number of rotatable bonds is 4. The summed E-state index contributed by atoms with van der Waals surface area (Å²) in [4.78, 5) is 16.3. The van der Waals surface area contributed by atoms with Crippen LogP contribution < -0.4 is 5.32 Å². The zero-order chi connectivity index (χ0) is 17.8. The average Bonchev–Trinajstić information content (AvgIpc) is 3.03. The Hall–Kier alpha value is -3.41. The van der Waals surface area contributed by atoms with Crippen molar-refractivity contribution in [2.24, 2.45) is 7.05 Å². The van der Waals surface area contributed by atoms with E-state index in [1.165, 1.54) is 6.08 Å². The third kappa shape index (κ3) is 3.92. The van der Waals surface area contributed by atoms with E-state index in [-0.39, 0.29) is 11.7 Å². The molecule has 6 heteroatoms. The molecule has 2 heterocycles. The molecule has 1 amide bonds. The van der Waals surface area contributed by atoms with E-state index in [9.17, 15) is 9.90 Å². The molecule has 0 aliphatic carbocycles. The average molecular weight is 334 g/mol. The van der Waals surface area contributed by atoms with Crippen molar-refractivity contribution >= 4 is 17.7 Å². The van der Waals surface area contributed by atoms with E-state index in [0.717, 1.165) is 16.7 Å². The molecule has 2 N–H and O–H groups in total. The van der Waals surface area contributed by atoms with Gasteiger partial charge in [0.15, 0.2) is 0 Å². The Morgan fingerprint density at radius 1 is 1.28 bits per heavy atom. The molecule has 3 rings (SSSR count). The number of aromatic nitrogens is 3. The molecule has 0 saturated heterocycles. The van der Waals surface area contributed by atoms with Crippen molar-refractivity contribution in [1.29, 1.82) is 0 Å². The Bertz CT molecular complexity index is 944. The summed E-state index contributed by atoms with van der Waals surface area (Å²) in [5.41, 5.74) is 4.07. The fourth-order valence-electron chi connectivity index (χ4n) is 2.45. The van der Waals surface area contributed by atoms with Crippen molar-refractivity contribution in [2.45, 2.75) is 6.92 Å². The van der Waals surface area contributed by atoms with Crippen molar-refractivity contribution in [3.8, 4) is 16.9 Å². The second-order valence-corrected chi connectivity index (χ2v) is 5.69. The topological polar surface area (TPSA) is 80.0 Å². The first-order chi connectivity index (χ1) is 12.0. The largest absolute Gasteiger partial charge is 0.508 e. The summed E-state index contributed by atoms with van der Waals surface area (Å²) < 4.78 is 1.73. The minimum atomic E-state index is -0.258. The summed E-state index contributed by atoms with van der Waals surface area (Å²) >= 11 is 0. The lowest BCUT2D eigenvalue weighted by atomic mass is 10.0. The van der Waals surface area contributed by atoms with Gasteiger partial charge in [-0.1, -0.05) is 0 Å². The lowest BCUT2D eigenvalue weighted by molar-refractivity contribution is -0.111. The Morgan fingerprint density at radius 3 is 2.84 bits per heavy atom. The van der Waals surface area contributed by atoms with Crippen LogP contribution in [0, 0.1) is 6.92 Å². The second kappa shape index (κ2) is 7.00. The number of anilines is 1. The van der Waals surface area contributed by atoms with Crippen molar-refractivity contribution < 1.29 is 9.90 Å². The maximum Gasteiger partial charge on any atom is 0.248 e. The third-order valence-corrected chi connectivity index (χ3v) is 3.75. The maximum atomic E-state index is 12.1. The molecule has 2 aromatic heterocycles. The van der Waals surface area contributed by atoms with E-state index >= 15 is 0 Å². The molecule has 1 aromatic carbocycles. The maximum absolute atomic E-state index is 12.1. The number of phenols is 1. The highest BCUT2D eigenvalue weighted by Gasteiger charge is 2.06. The highest BCUT2D eigenvalue weighted by molar-refractivity contribution is 6.02. The molecule has 0 radical (unpaired) electrons. The van der Waals surface area contributed by atoms with Crippen LogP contribution in [-0.4, -0.2) is 25.8 Å². The fraction of sp³-hybridized carbons (Fsp3) is 0.105. The van der Waals surface area contributed by atoms with E-state index < -0.39 is 0 Å². The summed E-state index contributed by atoms with van der Waals surface area (Å²) in [7, 11) is 1.85. The number of aromatic hydroxyl groups is 1. The molecule has 0 fully saturated rings. The number of carbonyl (C=O) groups excluding carboxylic acids is 1. The number of phenolic OH excluding ortho intramolecular Hbond substituents is 1. The molecule has 0 bridgehead atoms. The first-order valence-corrected chi connectivity index (χ1v) is 7.74. The molecular formula is C19H18N4O2. The summed E-state index contributed by atoms with van der Waals surface area (Å²) in [6.45, 7) is 1.77. The van der Waals surface area contributed by atoms with Gasteiger partial charge in [-0.2, -0.15) is 5.10 Å². The van der Waals surface area contributed by atoms with E-state index in [0.29, 0.717) is 11.3 Å². The van der Waals surface area contributed by atoms with Crippen LogP contribution in [0.2, 0.25) is 0 Å². The summed E-state index contributed by atoms with van der Waals surface area (Å²) in [5.74, 6) is -0.0592. The molecule has 0 aliphatic heterocycles. The van der Waals surface area contributed by atoms with Crippen LogP contribution in [0.3, 0.4) is 0 Å². The number of hydrogen-bond acceptors (Lipinski definition) is 4. The van der Waals surface area contributed by atoms with Crippen molar-refractivity contribution in [3.05, 3.63) is 66.3 Å². The van der Waals surface area contributed by atoms with Gasteiger partial charge < -0.3 is 10.4 Å². The van der Waals surface area contributed by atoms with E-state index in [2.05, 4.69) is 15.4 Å². The number of hydrogen-bond donors (Lipinski definition) is 2. The predicted molar refractivity (Wildman–Crippen MR) is 96.9 cm³/mol. The molecule has 0 aliphatic rings. The first kappa shape index (κ1) is 16.4. The molecule has 3 aromatic rings. The van der Waals surface area contributed by atoms with Gasteiger partial charge in [-0.15, -0.1) is 0 Å². The number of aryl methyl sites for hydroxylation is 2. The molecule has 0 saturated carbocycles. The molecule has 25 heavy (non-hydrogen) atoms. The van der Waals surface area contributed by atoms with Gasteiger partial charge in [0, 0.05) is 48.5 Å². The van der Waals surface area contributed by atoms with Gasteiger partial charge in [-0.3, -0.25) is 14.5 Å². The van der Waals surface area contributed by atoms with Gasteiger partial charge in [0.05, 0.1) is 6.20 Å². The first-order valence-electron chi connectivity index (χ1n) is 7.74. The monoisotopic (exact) mass is 334 g/mol. The summed E-state index contributed by atoms with van der Waals surface area (Å²) in [5, 5.41) is 16.5. The number of nitrogens with one attached hydrogen (secondary N) is 1.